The molecule has 8 heteroatoms. The molecule has 140 valence electrons. The second-order valence-electron chi connectivity index (χ2n) is 7.06. The number of piperidine rings is 1. The fraction of sp³-hybridized carbons (Fsp3) is 0.556. The molecule has 0 saturated carbocycles. The number of nitrogens with one attached hydrogen (secondary N) is 1. The lowest BCUT2D eigenvalue weighted by Crippen LogP contribution is -2.38. The first-order chi connectivity index (χ1) is 12.4. The largest absolute Gasteiger partial charge is 0.360 e. The standard InChI is InChI=1S/C18H26N6O2/c1-12-9-15(20-18(19-12)23(3)4)11-24-7-5-14(6-8-24)17(25)21-16-10-13(2)26-22-16/h9-10,14H,5-8,11H2,1-4H3,(H,21,22,25). The monoisotopic (exact) mass is 358 g/mol. The van der Waals surface area contributed by atoms with E-state index in [-0.39, 0.29) is 11.8 Å². The topological polar surface area (TPSA) is 87.4 Å². The van der Waals surface area contributed by atoms with Crippen molar-refractivity contribution in [2.24, 2.45) is 5.92 Å². The third-order valence-electron chi connectivity index (χ3n) is 4.52. The van der Waals surface area contributed by atoms with Gasteiger partial charge in [0.25, 0.3) is 0 Å². The molecular weight excluding hydrogens is 332 g/mol. The predicted molar refractivity (Wildman–Crippen MR) is 99.0 cm³/mol. The summed E-state index contributed by atoms with van der Waals surface area (Å²) in [5.74, 6) is 1.94. The van der Waals surface area contributed by atoms with Crippen LogP contribution in [0.4, 0.5) is 11.8 Å². The van der Waals surface area contributed by atoms with Crippen LogP contribution in [0, 0.1) is 19.8 Å². The molecule has 0 bridgehead atoms. The molecule has 1 aliphatic heterocycles. The Morgan fingerprint density at radius 3 is 2.62 bits per heavy atom. The molecule has 0 aromatic carbocycles. The minimum atomic E-state index is 0.00716. The number of hydrogen-bond acceptors (Lipinski definition) is 7. The molecule has 0 unspecified atom stereocenters. The molecule has 1 aliphatic rings. The number of carbonyl (C=O) groups is 1. The van der Waals surface area contributed by atoms with Crippen molar-refractivity contribution in [2.45, 2.75) is 33.2 Å². The number of aryl methyl sites for hydroxylation is 2. The Bertz CT molecular complexity index is 765. The van der Waals surface area contributed by atoms with E-state index >= 15 is 0 Å². The summed E-state index contributed by atoms with van der Waals surface area (Å²) in [6, 6.07) is 3.76. The summed E-state index contributed by atoms with van der Waals surface area (Å²) >= 11 is 0. The van der Waals surface area contributed by atoms with Crippen molar-refractivity contribution in [3.63, 3.8) is 0 Å². The fourth-order valence-corrected chi connectivity index (χ4v) is 3.13. The highest BCUT2D eigenvalue weighted by atomic mass is 16.5. The van der Waals surface area contributed by atoms with Crippen LogP contribution in [0.3, 0.4) is 0 Å². The number of aromatic nitrogens is 3. The molecule has 0 atom stereocenters. The molecule has 0 radical (unpaired) electrons. The van der Waals surface area contributed by atoms with Gasteiger partial charge in [-0.25, -0.2) is 9.97 Å². The maximum atomic E-state index is 12.4. The van der Waals surface area contributed by atoms with Gasteiger partial charge in [0.1, 0.15) is 5.76 Å². The average molecular weight is 358 g/mol. The van der Waals surface area contributed by atoms with Gasteiger partial charge in [0, 0.05) is 38.3 Å². The zero-order valence-electron chi connectivity index (χ0n) is 15.8. The van der Waals surface area contributed by atoms with Crippen LogP contribution >= 0.6 is 0 Å². The maximum absolute atomic E-state index is 12.4. The lowest BCUT2D eigenvalue weighted by atomic mass is 9.96. The van der Waals surface area contributed by atoms with Crippen molar-refractivity contribution in [3.05, 3.63) is 29.3 Å². The zero-order valence-corrected chi connectivity index (χ0v) is 15.8. The van der Waals surface area contributed by atoms with Gasteiger partial charge < -0.3 is 14.7 Å². The smallest absolute Gasteiger partial charge is 0.228 e. The van der Waals surface area contributed by atoms with E-state index in [4.69, 9.17) is 4.52 Å². The average Bonchev–Trinajstić information content (AvgIpc) is 2.99. The van der Waals surface area contributed by atoms with Crippen LogP contribution in [0.2, 0.25) is 0 Å². The lowest BCUT2D eigenvalue weighted by Gasteiger charge is -2.31. The number of carbonyl (C=O) groups excluding carboxylic acids is 1. The third-order valence-corrected chi connectivity index (χ3v) is 4.52. The van der Waals surface area contributed by atoms with Crippen LogP contribution in [0.25, 0.3) is 0 Å². The van der Waals surface area contributed by atoms with E-state index in [2.05, 4.69) is 25.3 Å². The van der Waals surface area contributed by atoms with E-state index in [1.54, 1.807) is 13.0 Å². The SMILES string of the molecule is Cc1cc(CN2CCC(C(=O)Nc3cc(C)on3)CC2)nc(N(C)C)n1. The van der Waals surface area contributed by atoms with Gasteiger partial charge in [0.15, 0.2) is 5.82 Å². The first-order valence-electron chi connectivity index (χ1n) is 8.89. The first kappa shape index (κ1) is 18.3. The Balaban J connectivity index is 1.53. The summed E-state index contributed by atoms with van der Waals surface area (Å²) in [4.78, 5) is 25.7. The van der Waals surface area contributed by atoms with Crippen LogP contribution in [-0.4, -0.2) is 53.1 Å². The summed E-state index contributed by atoms with van der Waals surface area (Å²) in [7, 11) is 3.89. The van der Waals surface area contributed by atoms with E-state index in [1.807, 2.05) is 32.0 Å². The van der Waals surface area contributed by atoms with E-state index in [0.29, 0.717) is 11.6 Å². The fourth-order valence-electron chi connectivity index (χ4n) is 3.13. The van der Waals surface area contributed by atoms with Gasteiger partial charge in [0.2, 0.25) is 11.9 Å². The summed E-state index contributed by atoms with van der Waals surface area (Å²) in [5, 5.41) is 6.65. The quantitative estimate of drug-likeness (QED) is 0.874. The minimum Gasteiger partial charge on any atom is -0.360 e. The molecule has 1 amide bonds. The predicted octanol–water partition coefficient (Wildman–Crippen LogP) is 2.00. The van der Waals surface area contributed by atoms with Crippen LogP contribution in [0.5, 0.6) is 0 Å². The normalized spacial score (nSPS) is 15.8. The Morgan fingerprint density at radius 2 is 2.00 bits per heavy atom. The number of amides is 1. The second kappa shape index (κ2) is 7.82. The molecule has 1 saturated heterocycles. The van der Waals surface area contributed by atoms with Crippen molar-refractivity contribution >= 4 is 17.7 Å². The van der Waals surface area contributed by atoms with Gasteiger partial charge in [-0.05, 0) is 45.8 Å². The number of likely N-dealkylation sites (tertiary alicyclic amines) is 1. The highest BCUT2D eigenvalue weighted by Gasteiger charge is 2.26. The highest BCUT2D eigenvalue weighted by molar-refractivity contribution is 5.91. The van der Waals surface area contributed by atoms with Gasteiger partial charge in [-0.15, -0.1) is 0 Å². The molecule has 1 N–H and O–H groups in total. The first-order valence-corrected chi connectivity index (χ1v) is 8.89. The van der Waals surface area contributed by atoms with Crippen molar-refractivity contribution in [2.75, 3.05) is 37.4 Å². The Labute approximate surface area is 153 Å². The van der Waals surface area contributed by atoms with E-state index in [9.17, 15) is 4.79 Å². The van der Waals surface area contributed by atoms with Gasteiger partial charge in [0.05, 0.1) is 5.69 Å². The number of rotatable bonds is 5. The van der Waals surface area contributed by atoms with Crippen molar-refractivity contribution < 1.29 is 9.32 Å². The Hall–Kier alpha value is -2.48. The molecule has 26 heavy (non-hydrogen) atoms. The molecule has 3 rings (SSSR count). The van der Waals surface area contributed by atoms with Crippen molar-refractivity contribution in [1.82, 2.24) is 20.0 Å². The molecule has 0 aliphatic carbocycles. The van der Waals surface area contributed by atoms with Gasteiger partial charge >= 0.3 is 0 Å². The summed E-state index contributed by atoms with van der Waals surface area (Å²) < 4.78 is 4.98. The molecule has 3 heterocycles. The lowest BCUT2D eigenvalue weighted by molar-refractivity contribution is -0.121. The van der Waals surface area contributed by atoms with Gasteiger partial charge in [-0.1, -0.05) is 5.16 Å². The second-order valence-corrected chi connectivity index (χ2v) is 7.06. The number of nitrogens with zero attached hydrogens (tertiary/aromatic N) is 5. The van der Waals surface area contributed by atoms with Crippen LogP contribution in [0.15, 0.2) is 16.7 Å². The summed E-state index contributed by atoms with van der Waals surface area (Å²) in [6.07, 6.45) is 1.65. The molecule has 2 aromatic rings. The van der Waals surface area contributed by atoms with E-state index < -0.39 is 0 Å². The third kappa shape index (κ3) is 4.57. The number of hydrogen-bond donors (Lipinski definition) is 1. The highest BCUT2D eigenvalue weighted by Crippen LogP contribution is 2.21. The molecule has 8 nitrogen and oxygen atoms in total. The van der Waals surface area contributed by atoms with Crippen LogP contribution in [0.1, 0.15) is 30.0 Å². The van der Waals surface area contributed by atoms with Crippen LogP contribution in [-0.2, 0) is 11.3 Å². The Morgan fingerprint density at radius 1 is 1.27 bits per heavy atom. The number of anilines is 2. The van der Waals surface area contributed by atoms with Crippen molar-refractivity contribution in [1.29, 1.82) is 0 Å². The van der Waals surface area contributed by atoms with Gasteiger partial charge in [-0.3, -0.25) is 9.69 Å². The summed E-state index contributed by atoms with van der Waals surface area (Å²) in [6.45, 7) is 6.31. The Kier molecular flexibility index (Phi) is 5.51. The molecular formula is C18H26N6O2. The van der Waals surface area contributed by atoms with Crippen LogP contribution < -0.4 is 10.2 Å². The maximum Gasteiger partial charge on any atom is 0.228 e. The summed E-state index contributed by atoms with van der Waals surface area (Å²) in [5.41, 5.74) is 1.98. The van der Waals surface area contributed by atoms with Crippen molar-refractivity contribution in [3.8, 4) is 0 Å². The van der Waals surface area contributed by atoms with E-state index in [0.717, 1.165) is 49.8 Å². The molecule has 2 aromatic heterocycles. The minimum absolute atomic E-state index is 0.00716. The zero-order chi connectivity index (χ0) is 18.7. The molecule has 0 spiro atoms. The molecule has 1 fully saturated rings. The van der Waals surface area contributed by atoms with Gasteiger partial charge in [-0.2, -0.15) is 0 Å². The van der Waals surface area contributed by atoms with E-state index in [1.165, 1.54) is 0 Å².